The Morgan fingerprint density at radius 3 is 2.69 bits per heavy atom. The van der Waals surface area contributed by atoms with Crippen LogP contribution < -0.4 is 5.32 Å². The maximum Gasteiger partial charge on any atom is 0.230 e. The number of carbonyl (C=O) groups is 1. The minimum Gasteiger partial charge on any atom is -0.302 e. The van der Waals surface area contributed by atoms with Crippen LogP contribution in [0.2, 0.25) is 0 Å². The monoisotopic (exact) mass is 460 g/mol. The molecule has 1 N–H and O–H groups in total. The molecule has 3 rings (SSSR count). The van der Waals surface area contributed by atoms with Gasteiger partial charge in [0.05, 0.1) is 26.0 Å². The zero-order chi connectivity index (χ0) is 19.1. The van der Waals surface area contributed by atoms with Crippen molar-refractivity contribution in [2.45, 2.75) is 11.3 Å². The van der Waals surface area contributed by atoms with Gasteiger partial charge in [0.2, 0.25) is 5.91 Å². The topological polar surface area (TPSA) is 76.1 Å². The highest BCUT2D eigenvalue weighted by Gasteiger charge is 2.17. The van der Waals surface area contributed by atoms with Crippen LogP contribution in [0.3, 0.4) is 0 Å². The summed E-state index contributed by atoms with van der Waals surface area (Å²) in [5.41, 5.74) is 0.162. The number of sulfone groups is 1. The lowest BCUT2D eigenvalue weighted by molar-refractivity contribution is -0.115. The number of halogens is 3. The Balaban J connectivity index is 1.83. The molecule has 0 radical (unpaired) electrons. The van der Waals surface area contributed by atoms with Crippen LogP contribution in [0.4, 0.5) is 13.9 Å². The first-order valence-electron chi connectivity index (χ1n) is 7.18. The van der Waals surface area contributed by atoms with Crippen molar-refractivity contribution in [1.29, 1.82) is 0 Å². The molecule has 3 aromatic rings. The van der Waals surface area contributed by atoms with Crippen molar-refractivity contribution in [2.24, 2.45) is 0 Å². The van der Waals surface area contributed by atoms with Crippen molar-refractivity contribution in [3.05, 3.63) is 52.0 Å². The van der Waals surface area contributed by atoms with Gasteiger partial charge >= 0.3 is 0 Å². The minimum atomic E-state index is -3.36. The van der Waals surface area contributed by atoms with E-state index in [2.05, 4.69) is 26.2 Å². The summed E-state index contributed by atoms with van der Waals surface area (Å²) in [5, 5.41) is 2.70. The molecule has 5 nitrogen and oxygen atoms in total. The number of hydrogen-bond donors (Lipinski definition) is 1. The van der Waals surface area contributed by atoms with Gasteiger partial charge in [-0.1, -0.05) is 11.3 Å². The normalized spacial score (nSPS) is 11.7. The molecule has 26 heavy (non-hydrogen) atoms. The van der Waals surface area contributed by atoms with Crippen molar-refractivity contribution in [3.8, 4) is 0 Å². The molecule has 136 valence electrons. The summed E-state index contributed by atoms with van der Waals surface area (Å²) in [6.45, 7) is 0. The fourth-order valence-electron chi connectivity index (χ4n) is 2.24. The quantitative estimate of drug-likeness (QED) is 0.598. The first kappa shape index (κ1) is 18.9. The number of rotatable bonds is 4. The van der Waals surface area contributed by atoms with Gasteiger partial charge < -0.3 is 5.32 Å². The average molecular weight is 461 g/mol. The second kappa shape index (κ2) is 7.01. The van der Waals surface area contributed by atoms with Gasteiger partial charge in [0, 0.05) is 11.8 Å². The maximum atomic E-state index is 13.9. The molecule has 0 aliphatic carbocycles. The Hall–Kier alpha value is -1.91. The Bertz CT molecular complexity index is 1130. The van der Waals surface area contributed by atoms with Crippen molar-refractivity contribution in [3.63, 3.8) is 0 Å². The third-order valence-electron chi connectivity index (χ3n) is 3.51. The number of amides is 1. The lowest BCUT2D eigenvalue weighted by atomic mass is 10.1. The Kier molecular flexibility index (Phi) is 5.09. The largest absolute Gasteiger partial charge is 0.302 e. The highest BCUT2D eigenvalue weighted by molar-refractivity contribution is 9.10. The molecule has 2 aromatic carbocycles. The van der Waals surface area contributed by atoms with Gasteiger partial charge in [0.25, 0.3) is 0 Å². The summed E-state index contributed by atoms with van der Waals surface area (Å²) in [7, 11) is -3.36. The van der Waals surface area contributed by atoms with Gasteiger partial charge in [-0.2, -0.15) is 0 Å². The molecule has 0 spiro atoms. The predicted octanol–water partition coefficient (Wildman–Crippen LogP) is 3.92. The van der Waals surface area contributed by atoms with Crippen molar-refractivity contribution in [1.82, 2.24) is 4.98 Å². The summed E-state index contributed by atoms with van der Waals surface area (Å²) in [6.07, 6.45) is 0.598. The lowest BCUT2D eigenvalue weighted by Crippen LogP contribution is -2.16. The van der Waals surface area contributed by atoms with E-state index >= 15 is 0 Å². The molecular weight excluding hydrogens is 450 g/mol. The van der Waals surface area contributed by atoms with Gasteiger partial charge in [0.1, 0.15) is 11.6 Å². The van der Waals surface area contributed by atoms with Gasteiger partial charge in [-0.25, -0.2) is 22.2 Å². The summed E-state index contributed by atoms with van der Waals surface area (Å²) in [5.74, 6) is -2.28. The third kappa shape index (κ3) is 3.92. The number of aromatic nitrogens is 1. The van der Waals surface area contributed by atoms with Gasteiger partial charge in [-0.15, -0.1) is 0 Å². The van der Waals surface area contributed by atoms with E-state index in [4.69, 9.17) is 0 Å². The van der Waals surface area contributed by atoms with Gasteiger partial charge in [0.15, 0.2) is 15.0 Å². The van der Waals surface area contributed by atoms with Crippen LogP contribution in [0.15, 0.2) is 39.7 Å². The Morgan fingerprint density at radius 1 is 1.27 bits per heavy atom. The standard InChI is InChI=1S/C16H11BrF2N2O3S2/c1-26(23,24)8-2-5-12-13(6-8)25-16(20-12)21-14(22)7-9-11(18)4-3-10(17)15(9)19/h2-6H,7H2,1H3,(H,20,21,22). The molecule has 0 aliphatic rings. The van der Waals surface area contributed by atoms with E-state index < -0.39 is 33.8 Å². The van der Waals surface area contributed by atoms with Crippen LogP contribution in [0.5, 0.6) is 0 Å². The molecule has 0 fully saturated rings. The van der Waals surface area contributed by atoms with Gasteiger partial charge in [-0.3, -0.25) is 4.79 Å². The fraction of sp³-hybridized carbons (Fsp3) is 0.125. The predicted molar refractivity (Wildman–Crippen MR) is 99.1 cm³/mol. The highest BCUT2D eigenvalue weighted by atomic mass is 79.9. The summed E-state index contributed by atoms with van der Waals surface area (Å²) < 4.78 is 51.5. The molecule has 10 heteroatoms. The van der Waals surface area contributed by atoms with Crippen LogP contribution in [-0.4, -0.2) is 25.6 Å². The Labute approximate surface area is 160 Å². The Morgan fingerprint density at radius 2 is 2.00 bits per heavy atom. The first-order chi connectivity index (χ1) is 12.1. The van der Waals surface area contributed by atoms with E-state index in [0.717, 1.165) is 23.7 Å². The van der Waals surface area contributed by atoms with E-state index in [9.17, 15) is 22.0 Å². The SMILES string of the molecule is CS(=O)(=O)c1ccc2nc(NC(=O)Cc3c(F)ccc(Br)c3F)sc2c1. The number of fused-ring (bicyclic) bond motifs is 1. The van der Waals surface area contributed by atoms with Crippen LogP contribution in [0, 0.1) is 11.6 Å². The summed E-state index contributed by atoms with van der Waals surface area (Å²) in [4.78, 5) is 16.4. The van der Waals surface area contributed by atoms with E-state index in [-0.39, 0.29) is 20.1 Å². The van der Waals surface area contributed by atoms with Crippen LogP contribution in [-0.2, 0) is 21.1 Å². The van der Waals surface area contributed by atoms with E-state index in [1.807, 2.05) is 0 Å². The molecule has 1 amide bonds. The molecule has 0 aliphatic heterocycles. The molecule has 0 atom stereocenters. The molecular formula is C16H11BrF2N2O3S2. The number of anilines is 1. The minimum absolute atomic E-state index is 0.0648. The molecule has 0 saturated carbocycles. The molecule has 0 bridgehead atoms. The average Bonchev–Trinajstić information content (AvgIpc) is 2.95. The number of nitrogens with one attached hydrogen (secondary N) is 1. The van der Waals surface area contributed by atoms with Crippen LogP contribution in [0.25, 0.3) is 10.2 Å². The van der Waals surface area contributed by atoms with Crippen molar-refractivity contribution in [2.75, 3.05) is 11.6 Å². The maximum absolute atomic E-state index is 13.9. The number of carbonyl (C=O) groups excluding carboxylic acids is 1. The van der Waals surface area contributed by atoms with Crippen LogP contribution in [0.1, 0.15) is 5.56 Å². The second-order valence-electron chi connectivity index (χ2n) is 5.47. The number of benzene rings is 2. The van der Waals surface area contributed by atoms with E-state index in [0.29, 0.717) is 10.2 Å². The summed E-state index contributed by atoms with van der Waals surface area (Å²) in [6, 6.07) is 6.71. The molecule has 1 aromatic heterocycles. The van der Waals surface area contributed by atoms with Crippen LogP contribution >= 0.6 is 27.3 Å². The molecule has 0 unspecified atom stereocenters. The fourth-order valence-corrected chi connectivity index (χ4v) is 4.26. The molecule has 1 heterocycles. The number of thiazole rings is 1. The zero-order valence-corrected chi connectivity index (χ0v) is 16.4. The number of hydrogen-bond acceptors (Lipinski definition) is 5. The first-order valence-corrected chi connectivity index (χ1v) is 10.7. The lowest BCUT2D eigenvalue weighted by Gasteiger charge is -2.06. The van der Waals surface area contributed by atoms with Crippen molar-refractivity contribution < 1.29 is 22.0 Å². The number of nitrogens with zero attached hydrogens (tertiary/aromatic N) is 1. The molecule has 0 saturated heterocycles. The summed E-state index contributed by atoms with van der Waals surface area (Å²) >= 11 is 4.02. The van der Waals surface area contributed by atoms with E-state index in [1.54, 1.807) is 0 Å². The highest BCUT2D eigenvalue weighted by Crippen LogP contribution is 2.28. The third-order valence-corrected chi connectivity index (χ3v) is 6.17. The van der Waals surface area contributed by atoms with Crippen molar-refractivity contribution >= 4 is 58.4 Å². The smallest absolute Gasteiger partial charge is 0.230 e. The zero-order valence-electron chi connectivity index (χ0n) is 13.2. The van der Waals surface area contributed by atoms with Gasteiger partial charge in [-0.05, 0) is 46.3 Å². The van der Waals surface area contributed by atoms with E-state index in [1.165, 1.54) is 24.3 Å². The second-order valence-corrected chi connectivity index (χ2v) is 9.37.